The van der Waals surface area contributed by atoms with E-state index in [0.717, 1.165) is 42.5 Å². The Kier molecular flexibility index (Phi) is 4.04. The fourth-order valence-electron chi connectivity index (χ4n) is 1.75. The van der Waals surface area contributed by atoms with Gasteiger partial charge in [-0.05, 0) is 42.5 Å². The minimum absolute atomic E-state index is 0.0640. The molecule has 0 aliphatic rings. The lowest BCUT2D eigenvalue weighted by molar-refractivity contribution is 0.0696. The second-order valence-corrected chi connectivity index (χ2v) is 6.31. The highest BCUT2D eigenvalue weighted by atomic mass is 32.2. The Hall–Kier alpha value is -2.28. The number of sulfone groups is 1. The summed E-state index contributed by atoms with van der Waals surface area (Å²) in [6.07, 6.45) is 0. The summed E-state index contributed by atoms with van der Waals surface area (Å²) in [4.78, 5) is 10.5. The highest BCUT2D eigenvalue weighted by Gasteiger charge is 2.18. The first-order valence-corrected chi connectivity index (χ1v) is 7.45. The SMILES string of the molecule is O=C(O)c1ccc(S(=O)(=O)Cc2cc(F)ccc2F)cc1. The van der Waals surface area contributed by atoms with Crippen LogP contribution in [0, 0.1) is 11.6 Å². The van der Waals surface area contributed by atoms with Crippen molar-refractivity contribution in [3.8, 4) is 0 Å². The van der Waals surface area contributed by atoms with Crippen molar-refractivity contribution in [3.63, 3.8) is 0 Å². The van der Waals surface area contributed by atoms with Crippen LogP contribution in [-0.2, 0) is 15.6 Å². The Balaban J connectivity index is 2.34. The van der Waals surface area contributed by atoms with Crippen LogP contribution < -0.4 is 0 Å². The summed E-state index contributed by atoms with van der Waals surface area (Å²) in [6.45, 7) is 0. The monoisotopic (exact) mass is 312 g/mol. The number of rotatable bonds is 4. The second kappa shape index (κ2) is 5.61. The number of benzene rings is 2. The van der Waals surface area contributed by atoms with E-state index in [-0.39, 0.29) is 16.0 Å². The van der Waals surface area contributed by atoms with Gasteiger partial charge in [-0.2, -0.15) is 0 Å². The maximum Gasteiger partial charge on any atom is 0.335 e. The van der Waals surface area contributed by atoms with Crippen LogP contribution in [0.4, 0.5) is 8.78 Å². The van der Waals surface area contributed by atoms with Crippen molar-refractivity contribution in [1.29, 1.82) is 0 Å². The molecular weight excluding hydrogens is 302 g/mol. The molecule has 0 saturated carbocycles. The van der Waals surface area contributed by atoms with E-state index >= 15 is 0 Å². The van der Waals surface area contributed by atoms with Gasteiger partial charge in [-0.25, -0.2) is 22.0 Å². The molecule has 0 heterocycles. The Morgan fingerprint density at radius 2 is 1.67 bits per heavy atom. The molecule has 4 nitrogen and oxygen atoms in total. The summed E-state index contributed by atoms with van der Waals surface area (Å²) in [5.74, 6) is -3.44. The minimum atomic E-state index is -3.89. The van der Waals surface area contributed by atoms with Gasteiger partial charge < -0.3 is 5.11 Å². The van der Waals surface area contributed by atoms with Gasteiger partial charge in [-0.3, -0.25) is 0 Å². The number of carboxylic acid groups (broad SMARTS) is 1. The molecule has 0 aliphatic heterocycles. The summed E-state index contributed by atoms with van der Waals surface area (Å²) in [7, 11) is -3.89. The van der Waals surface area contributed by atoms with Crippen molar-refractivity contribution >= 4 is 15.8 Å². The summed E-state index contributed by atoms with van der Waals surface area (Å²) in [5.41, 5.74) is -0.344. The third-order valence-electron chi connectivity index (χ3n) is 2.81. The molecule has 2 rings (SSSR count). The quantitative estimate of drug-likeness (QED) is 0.942. The molecule has 110 valence electrons. The van der Waals surface area contributed by atoms with Gasteiger partial charge in [0, 0.05) is 5.56 Å². The minimum Gasteiger partial charge on any atom is -0.478 e. The van der Waals surface area contributed by atoms with E-state index in [1.165, 1.54) is 0 Å². The van der Waals surface area contributed by atoms with Crippen LogP contribution in [0.2, 0.25) is 0 Å². The summed E-state index contributed by atoms with van der Waals surface area (Å²) < 4.78 is 50.7. The topological polar surface area (TPSA) is 71.4 Å². The van der Waals surface area contributed by atoms with Crippen LogP contribution in [0.25, 0.3) is 0 Å². The molecule has 0 saturated heterocycles. The van der Waals surface area contributed by atoms with Gasteiger partial charge in [0.2, 0.25) is 0 Å². The van der Waals surface area contributed by atoms with E-state index in [1.54, 1.807) is 0 Å². The van der Waals surface area contributed by atoms with Gasteiger partial charge in [0.15, 0.2) is 9.84 Å². The first-order valence-electron chi connectivity index (χ1n) is 5.79. The number of hydrogen-bond acceptors (Lipinski definition) is 3. The Morgan fingerprint density at radius 1 is 1.05 bits per heavy atom. The predicted molar refractivity (Wildman–Crippen MR) is 70.6 cm³/mol. The van der Waals surface area contributed by atoms with E-state index in [9.17, 15) is 22.0 Å². The number of carboxylic acids is 1. The van der Waals surface area contributed by atoms with Crippen LogP contribution in [0.15, 0.2) is 47.4 Å². The molecule has 7 heteroatoms. The molecule has 2 aromatic rings. The van der Waals surface area contributed by atoms with Gasteiger partial charge in [0.1, 0.15) is 11.6 Å². The molecule has 0 radical (unpaired) electrons. The molecule has 0 aliphatic carbocycles. The highest BCUT2D eigenvalue weighted by molar-refractivity contribution is 7.90. The molecular formula is C14H10F2O4S. The van der Waals surface area contributed by atoms with Gasteiger partial charge in [-0.1, -0.05) is 0 Å². The third-order valence-corrected chi connectivity index (χ3v) is 4.50. The zero-order valence-corrected chi connectivity index (χ0v) is 11.4. The lowest BCUT2D eigenvalue weighted by atomic mass is 10.2. The highest BCUT2D eigenvalue weighted by Crippen LogP contribution is 2.19. The fraction of sp³-hybridized carbons (Fsp3) is 0.0714. The van der Waals surface area contributed by atoms with E-state index in [0.29, 0.717) is 0 Å². The molecule has 0 aromatic heterocycles. The molecule has 1 N–H and O–H groups in total. The van der Waals surface area contributed by atoms with Gasteiger partial charge in [0.05, 0.1) is 16.2 Å². The smallest absolute Gasteiger partial charge is 0.335 e. The van der Waals surface area contributed by atoms with Crippen molar-refractivity contribution in [3.05, 3.63) is 65.2 Å². The normalized spacial score (nSPS) is 11.3. The predicted octanol–water partition coefficient (Wildman–Crippen LogP) is 2.64. The van der Waals surface area contributed by atoms with Crippen LogP contribution in [-0.4, -0.2) is 19.5 Å². The van der Waals surface area contributed by atoms with Crippen molar-refractivity contribution in [2.45, 2.75) is 10.6 Å². The van der Waals surface area contributed by atoms with E-state index in [4.69, 9.17) is 5.11 Å². The molecule has 0 fully saturated rings. The molecule has 0 atom stereocenters. The van der Waals surface area contributed by atoms with Gasteiger partial charge in [0.25, 0.3) is 0 Å². The molecule has 2 aromatic carbocycles. The van der Waals surface area contributed by atoms with E-state index in [2.05, 4.69) is 0 Å². The average molecular weight is 312 g/mol. The fourth-order valence-corrected chi connectivity index (χ4v) is 3.09. The standard InChI is InChI=1S/C14H10F2O4S/c15-11-3-6-13(16)10(7-11)8-21(19,20)12-4-1-9(2-5-12)14(17)18/h1-7H,8H2,(H,17,18). The maximum atomic E-state index is 13.5. The van der Waals surface area contributed by atoms with Gasteiger partial charge >= 0.3 is 5.97 Å². The molecule has 21 heavy (non-hydrogen) atoms. The Bertz CT molecular complexity index is 783. The Morgan fingerprint density at radius 3 is 2.24 bits per heavy atom. The molecule has 0 spiro atoms. The maximum absolute atomic E-state index is 13.5. The first-order chi connectivity index (χ1) is 9.79. The van der Waals surface area contributed by atoms with Crippen molar-refractivity contribution in [1.82, 2.24) is 0 Å². The second-order valence-electron chi connectivity index (χ2n) is 4.32. The number of carbonyl (C=O) groups is 1. The van der Waals surface area contributed by atoms with E-state index < -0.39 is 33.2 Å². The summed E-state index contributed by atoms with van der Waals surface area (Å²) >= 11 is 0. The first kappa shape index (κ1) is 15.1. The lowest BCUT2D eigenvalue weighted by Gasteiger charge is -2.06. The zero-order chi connectivity index (χ0) is 15.6. The number of aromatic carboxylic acids is 1. The molecule has 0 unspecified atom stereocenters. The largest absolute Gasteiger partial charge is 0.478 e. The van der Waals surface area contributed by atoms with Crippen LogP contribution in [0.5, 0.6) is 0 Å². The van der Waals surface area contributed by atoms with E-state index in [1.807, 2.05) is 0 Å². The van der Waals surface area contributed by atoms with Crippen molar-refractivity contribution in [2.75, 3.05) is 0 Å². The lowest BCUT2D eigenvalue weighted by Crippen LogP contribution is -2.07. The Labute approximate surface area is 119 Å². The zero-order valence-electron chi connectivity index (χ0n) is 10.6. The van der Waals surface area contributed by atoms with Crippen LogP contribution in [0.1, 0.15) is 15.9 Å². The van der Waals surface area contributed by atoms with Crippen molar-refractivity contribution in [2.24, 2.45) is 0 Å². The number of hydrogen-bond donors (Lipinski definition) is 1. The average Bonchev–Trinajstić information content (AvgIpc) is 2.43. The molecule has 0 amide bonds. The van der Waals surface area contributed by atoms with Crippen LogP contribution >= 0.6 is 0 Å². The summed E-state index contributed by atoms with van der Waals surface area (Å²) in [5, 5.41) is 8.74. The third kappa shape index (κ3) is 3.43. The van der Waals surface area contributed by atoms with Crippen molar-refractivity contribution < 1.29 is 27.1 Å². The number of halogens is 2. The molecule has 0 bridgehead atoms. The van der Waals surface area contributed by atoms with Crippen LogP contribution in [0.3, 0.4) is 0 Å². The van der Waals surface area contributed by atoms with Gasteiger partial charge in [-0.15, -0.1) is 0 Å². The summed E-state index contributed by atoms with van der Waals surface area (Å²) in [6, 6.07) is 7.08.